The Morgan fingerprint density at radius 1 is 1.78 bits per heavy atom. The average Bonchev–Trinajstić information content (AvgIpc) is 1.90. The van der Waals surface area contributed by atoms with Crippen molar-refractivity contribution in [3.63, 3.8) is 0 Å². The molecule has 0 radical (unpaired) electrons. The fraction of sp³-hybridized carbons (Fsp3) is 0.167. The van der Waals surface area contributed by atoms with Crippen LogP contribution in [0.1, 0.15) is 0 Å². The minimum Gasteiger partial charge on any atom is -0.387 e. The quantitative estimate of drug-likeness (QED) is 0.365. The zero-order valence-corrected chi connectivity index (χ0v) is 5.90. The first kappa shape index (κ1) is 8.24. The van der Waals surface area contributed by atoms with Gasteiger partial charge < -0.3 is 5.32 Å². The molecule has 0 fully saturated rings. The normalized spacial score (nSPS) is 11.8. The summed E-state index contributed by atoms with van der Waals surface area (Å²) in [6.07, 6.45) is 2.05. The van der Waals surface area contributed by atoms with E-state index in [0.29, 0.717) is 12.0 Å². The molecule has 0 amide bonds. The van der Waals surface area contributed by atoms with Crippen LogP contribution in [-0.2, 0) is 4.79 Å². The third kappa shape index (κ3) is 2.33. The maximum atomic E-state index is 9.99. The van der Waals surface area contributed by atoms with Crippen molar-refractivity contribution in [2.45, 2.75) is 0 Å². The maximum Gasteiger partial charge on any atom is 0.163 e. The van der Waals surface area contributed by atoms with E-state index in [1.54, 1.807) is 7.05 Å². The van der Waals surface area contributed by atoms with E-state index in [-0.39, 0.29) is 5.03 Å². The lowest BCUT2D eigenvalue weighted by Crippen LogP contribution is -2.04. The van der Waals surface area contributed by atoms with Gasteiger partial charge in [-0.2, -0.15) is 0 Å². The third-order valence-corrected chi connectivity index (χ3v) is 1.13. The summed E-state index contributed by atoms with van der Waals surface area (Å²) in [6.45, 7) is 3.44. The minimum absolute atomic E-state index is 0.146. The summed E-state index contributed by atoms with van der Waals surface area (Å²) in [6, 6.07) is 0. The Kier molecular flexibility index (Phi) is 3.80. The fourth-order valence-electron chi connectivity index (χ4n) is 0.382. The van der Waals surface area contributed by atoms with Gasteiger partial charge in [-0.05, 0) is 6.08 Å². The van der Waals surface area contributed by atoms with Gasteiger partial charge in [0, 0.05) is 7.05 Å². The van der Waals surface area contributed by atoms with E-state index in [2.05, 4.69) is 11.9 Å². The van der Waals surface area contributed by atoms with Crippen LogP contribution < -0.4 is 5.32 Å². The Morgan fingerprint density at radius 2 is 2.33 bits per heavy atom. The Labute approximate surface area is 59.2 Å². The van der Waals surface area contributed by atoms with E-state index in [9.17, 15) is 4.79 Å². The standard InChI is InChI=1S/C6H8ClNO/c1-3-6(8-2)5(7)4-9/h3-4,8H,1H2,2H3/b6-5+. The molecule has 0 rings (SSSR count). The monoisotopic (exact) mass is 145 g/mol. The Bertz CT molecular complexity index is 151. The summed E-state index contributed by atoms with van der Waals surface area (Å²) >= 11 is 5.41. The molecule has 0 aliphatic heterocycles. The van der Waals surface area contributed by atoms with Gasteiger partial charge >= 0.3 is 0 Å². The molecule has 9 heavy (non-hydrogen) atoms. The summed E-state index contributed by atoms with van der Waals surface area (Å²) in [5.74, 6) is 0. The van der Waals surface area contributed by atoms with Crippen LogP contribution in [0, 0.1) is 0 Å². The number of hydrogen-bond acceptors (Lipinski definition) is 2. The Balaban J connectivity index is 4.36. The molecular weight excluding hydrogens is 138 g/mol. The van der Waals surface area contributed by atoms with E-state index in [1.165, 1.54) is 6.08 Å². The highest BCUT2D eigenvalue weighted by atomic mass is 35.5. The maximum absolute atomic E-state index is 9.99. The van der Waals surface area contributed by atoms with Gasteiger partial charge in [0.2, 0.25) is 0 Å². The van der Waals surface area contributed by atoms with Gasteiger partial charge in [0.25, 0.3) is 0 Å². The topological polar surface area (TPSA) is 29.1 Å². The molecule has 0 spiro atoms. The van der Waals surface area contributed by atoms with Gasteiger partial charge in [-0.25, -0.2) is 0 Å². The molecule has 3 heteroatoms. The molecule has 0 bridgehead atoms. The molecule has 2 nitrogen and oxygen atoms in total. The highest BCUT2D eigenvalue weighted by Crippen LogP contribution is 2.02. The highest BCUT2D eigenvalue weighted by molar-refractivity contribution is 6.39. The molecule has 50 valence electrons. The van der Waals surface area contributed by atoms with Crippen molar-refractivity contribution in [3.05, 3.63) is 23.4 Å². The molecule has 1 N–H and O–H groups in total. The first-order valence-electron chi connectivity index (χ1n) is 2.41. The van der Waals surface area contributed by atoms with Crippen molar-refractivity contribution in [2.24, 2.45) is 0 Å². The van der Waals surface area contributed by atoms with Gasteiger partial charge in [0.05, 0.1) is 5.70 Å². The molecule has 0 unspecified atom stereocenters. The van der Waals surface area contributed by atoms with Gasteiger partial charge in [-0.15, -0.1) is 0 Å². The van der Waals surface area contributed by atoms with Crippen molar-refractivity contribution >= 4 is 17.9 Å². The molecule has 0 aromatic heterocycles. The molecule has 0 aliphatic carbocycles. The predicted molar refractivity (Wildman–Crippen MR) is 38.2 cm³/mol. The van der Waals surface area contributed by atoms with Crippen LogP contribution in [0.15, 0.2) is 23.4 Å². The number of allylic oxidation sites excluding steroid dienone is 2. The average molecular weight is 146 g/mol. The summed E-state index contributed by atoms with van der Waals surface area (Å²) in [5.41, 5.74) is 0.548. The number of aldehydes is 1. The van der Waals surface area contributed by atoms with Crippen LogP contribution in [0.4, 0.5) is 0 Å². The number of likely N-dealkylation sites (N-methyl/N-ethyl adjacent to an activating group) is 1. The molecule has 0 saturated carbocycles. The van der Waals surface area contributed by atoms with Crippen LogP contribution in [0.25, 0.3) is 0 Å². The van der Waals surface area contributed by atoms with E-state index >= 15 is 0 Å². The number of carbonyl (C=O) groups excluding carboxylic acids is 1. The van der Waals surface area contributed by atoms with Crippen LogP contribution in [0.5, 0.6) is 0 Å². The van der Waals surface area contributed by atoms with E-state index in [1.807, 2.05) is 0 Å². The largest absolute Gasteiger partial charge is 0.387 e. The molecular formula is C6H8ClNO. The molecule has 0 atom stereocenters. The number of hydrogen-bond donors (Lipinski definition) is 1. The molecule has 0 aliphatic rings. The second-order valence-electron chi connectivity index (χ2n) is 1.33. The van der Waals surface area contributed by atoms with Crippen molar-refractivity contribution in [1.29, 1.82) is 0 Å². The molecule has 0 aromatic rings. The molecule has 0 aromatic carbocycles. The fourth-order valence-corrected chi connectivity index (χ4v) is 0.554. The summed E-state index contributed by atoms with van der Waals surface area (Å²) < 4.78 is 0. The van der Waals surface area contributed by atoms with Crippen LogP contribution >= 0.6 is 11.6 Å². The van der Waals surface area contributed by atoms with E-state index in [4.69, 9.17) is 11.6 Å². The highest BCUT2D eigenvalue weighted by Gasteiger charge is 1.93. The second kappa shape index (κ2) is 4.15. The second-order valence-corrected chi connectivity index (χ2v) is 1.74. The Morgan fingerprint density at radius 3 is 2.44 bits per heavy atom. The van der Waals surface area contributed by atoms with Crippen molar-refractivity contribution in [1.82, 2.24) is 5.32 Å². The Hall–Kier alpha value is -0.760. The minimum atomic E-state index is 0.146. The lowest BCUT2D eigenvalue weighted by Gasteiger charge is -1.97. The van der Waals surface area contributed by atoms with E-state index < -0.39 is 0 Å². The van der Waals surface area contributed by atoms with Gasteiger partial charge in [0.15, 0.2) is 6.29 Å². The molecule has 0 heterocycles. The van der Waals surface area contributed by atoms with Crippen LogP contribution in [-0.4, -0.2) is 13.3 Å². The summed E-state index contributed by atoms with van der Waals surface area (Å²) in [5, 5.41) is 2.85. The van der Waals surface area contributed by atoms with Crippen molar-refractivity contribution in [3.8, 4) is 0 Å². The van der Waals surface area contributed by atoms with Crippen molar-refractivity contribution < 1.29 is 4.79 Å². The lowest BCUT2D eigenvalue weighted by atomic mass is 10.4. The van der Waals surface area contributed by atoms with E-state index in [0.717, 1.165) is 0 Å². The third-order valence-electron chi connectivity index (χ3n) is 0.834. The smallest absolute Gasteiger partial charge is 0.163 e. The van der Waals surface area contributed by atoms with Gasteiger partial charge in [0.1, 0.15) is 5.03 Å². The van der Waals surface area contributed by atoms with Crippen molar-refractivity contribution in [2.75, 3.05) is 7.05 Å². The van der Waals surface area contributed by atoms with Crippen LogP contribution in [0.2, 0.25) is 0 Å². The predicted octanol–water partition coefficient (Wildman–Crippen LogP) is 1.04. The first-order chi connectivity index (χ1) is 4.26. The number of nitrogens with one attached hydrogen (secondary N) is 1. The summed E-state index contributed by atoms with van der Waals surface area (Å²) in [4.78, 5) is 9.99. The zero-order valence-electron chi connectivity index (χ0n) is 5.15. The summed E-state index contributed by atoms with van der Waals surface area (Å²) in [7, 11) is 1.67. The van der Waals surface area contributed by atoms with Crippen LogP contribution in [0.3, 0.4) is 0 Å². The van der Waals surface area contributed by atoms with Gasteiger partial charge in [-0.1, -0.05) is 18.2 Å². The number of carbonyl (C=O) groups is 1. The van der Waals surface area contributed by atoms with Gasteiger partial charge in [-0.3, -0.25) is 4.79 Å². The SMILES string of the molecule is C=C/C(NC)=C(\Cl)C=O. The zero-order chi connectivity index (χ0) is 7.28. The lowest BCUT2D eigenvalue weighted by molar-refractivity contribution is -0.104. The molecule has 0 saturated heterocycles. The number of rotatable bonds is 3. The first-order valence-corrected chi connectivity index (χ1v) is 2.79. The number of halogens is 1.